The Kier molecular flexibility index (Phi) is 5.89. The summed E-state index contributed by atoms with van der Waals surface area (Å²) in [6.45, 7) is 2.27. The predicted octanol–water partition coefficient (Wildman–Crippen LogP) is -0.119. The fourth-order valence-electron chi connectivity index (χ4n) is 1.88. The van der Waals surface area contributed by atoms with E-state index in [2.05, 4.69) is 24.7 Å². The van der Waals surface area contributed by atoms with Gasteiger partial charge in [-0.25, -0.2) is 19.1 Å². The number of ether oxygens (including phenoxy) is 1. The van der Waals surface area contributed by atoms with Crippen LogP contribution in [0.4, 0.5) is 4.79 Å². The van der Waals surface area contributed by atoms with E-state index in [1.807, 2.05) is 6.92 Å². The normalized spacial score (nSPS) is 18.4. The van der Waals surface area contributed by atoms with Crippen LogP contribution in [-0.2, 0) is 20.7 Å². The molecule has 0 spiro atoms. The Morgan fingerprint density at radius 3 is 2.84 bits per heavy atom. The van der Waals surface area contributed by atoms with Crippen LogP contribution in [0.3, 0.4) is 0 Å². The Hall–Kier alpha value is -2.28. The monoisotopic (exact) mass is 389 g/mol. The third-order valence-corrected chi connectivity index (χ3v) is 5.89. The number of aromatic amines is 1. The van der Waals surface area contributed by atoms with E-state index in [0.29, 0.717) is 12.3 Å². The molecule has 0 aliphatic carbocycles. The molecule has 2 heterocycles. The Balaban J connectivity index is 2.01. The number of carbonyl (C=O) groups excluding carboxylic acids is 1. The van der Waals surface area contributed by atoms with Crippen LogP contribution in [-0.4, -0.2) is 71.5 Å². The third-order valence-electron chi connectivity index (χ3n) is 3.28. The van der Waals surface area contributed by atoms with Crippen LogP contribution >= 0.6 is 11.8 Å². The van der Waals surface area contributed by atoms with Gasteiger partial charge >= 0.3 is 16.3 Å². The summed E-state index contributed by atoms with van der Waals surface area (Å²) in [6.07, 6.45) is 0.495. The minimum atomic E-state index is -4.21. The quantitative estimate of drug-likeness (QED) is 0.667. The lowest BCUT2D eigenvalue weighted by Gasteiger charge is -2.30. The number of imidazole rings is 1. The van der Waals surface area contributed by atoms with Crippen LogP contribution < -0.4 is 5.73 Å². The number of rotatable bonds is 5. The lowest BCUT2D eigenvalue weighted by molar-refractivity contribution is 0.160. The fraction of sp³-hybridized carbons (Fsp3) is 0.500. The summed E-state index contributed by atoms with van der Waals surface area (Å²) >= 11 is 1.60. The van der Waals surface area contributed by atoms with Crippen molar-refractivity contribution in [3.8, 4) is 0 Å². The Labute approximate surface area is 149 Å². The highest BCUT2D eigenvalue weighted by Crippen LogP contribution is 2.16. The number of H-pyrrole nitrogens is 1. The second kappa shape index (κ2) is 7.74. The van der Waals surface area contributed by atoms with Gasteiger partial charge in [-0.1, -0.05) is 0 Å². The van der Waals surface area contributed by atoms with Crippen molar-refractivity contribution in [2.24, 2.45) is 15.7 Å². The van der Waals surface area contributed by atoms with Crippen LogP contribution in [0.5, 0.6) is 0 Å². The molecule has 0 saturated carbocycles. The van der Waals surface area contributed by atoms with E-state index in [1.54, 1.807) is 18.1 Å². The van der Waals surface area contributed by atoms with Crippen molar-refractivity contribution in [1.82, 2.24) is 18.6 Å². The van der Waals surface area contributed by atoms with Gasteiger partial charge in [0, 0.05) is 24.2 Å². The van der Waals surface area contributed by atoms with E-state index in [1.165, 1.54) is 7.05 Å². The minimum absolute atomic E-state index is 0.0887. The van der Waals surface area contributed by atoms with Crippen LogP contribution in [0.2, 0.25) is 0 Å². The number of nitrogens with zero attached hydrogens (tertiary/aromatic N) is 5. The van der Waals surface area contributed by atoms with Crippen LogP contribution in [0.25, 0.3) is 0 Å². The number of nitrogens with two attached hydrogens (primary N) is 1. The number of hydrogen-bond acceptors (Lipinski definition) is 8. The summed E-state index contributed by atoms with van der Waals surface area (Å²) in [6, 6.07) is 0. The number of nitrogens with one attached hydrogen (secondary N) is 1. The zero-order chi connectivity index (χ0) is 18.6. The van der Waals surface area contributed by atoms with Gasteiger partial charge < -0.3 is 15.5 Å². The summed E-state index contributed by atoms with van der Waals surface area (Å²) in [4.78, 5) is 26.8. The molecule has 1 aromatic heterocycles. The molecular weight excluding hydrogens is 370 g/mol. The molecule has 1 aliphatic rings. The number of methoxy groups -OCH3 is 1. The van der Waals surface area contributed by atoms with E-state index in [4.69, 9.17) is 5.73 Å². The van der Waals surface area contributed by atoms with Gasteiger partial charge in [0.25, 0.3) is 0 Å². The smallest absolute Gasteiger partial charge is 0.432 e. The first kappa shape index (κ1) is 19.1. The number of aliphatic imine (C=N–C) groups is 2. The molecule has 0 fully saturated rings. The highest BCUT2D eigenvalue weighted by molar-refractivity contribution is 7.98. The predicted molar refractivity (Wildman–Crippen MR) is 94.3 cm³/mol. The van der Waals surface area contributed by atoms with E-state index in [-0.39, 0.29) is 10.3 Å². The van der Waals surface area contributed by atoms with Gasteiger partial charge in [0.2, 0.25) is 11.9 Å². The number of thioether (sulfide) groups is 1. The highest BCUT2D eigenvalue weighted by Gasteiger charge is 2.41. The lowest BCUT2D eigenvalue weighted by Crippen LogP contribution is -2.56. The molecular formula is C12H19N7O4S2. The molecule has 0 radical (unpaired) electrons. The molecule has 2 rings (SSSR count). The average molecular weight is 389 g/mol. The second-order valence-electron chi connectivity index (χ2n) is 4.89. The second-order valence-corrected chi connectivity index (χ2v) is 7.80. The number of aryl methyl sites for hydroxylation is 1. The lowest BCUT2D eigenvalue weighted by atomic mass is 10.4. The number of carbonyl (C=O) groups is 1. The Bertz CT molecular complexity index is 802. The first-order valence-corrected chi connectivity index (χ1v) is 9.66. The molecule has 0 aromatic carbocycles. The summed E-state index contributed by atoms with van der Waals surface area (Å²) in [7, 11) is -1.93. The van der Waals surface area contributed by atoms with Gasteiger partial charge in [0.15, 0.2) is 0 Å². The zero-order valence-electron chi connectivity index (χ0n) is 14.0. The number of aromatic nitrogens is 2. The number of guanidine groups is 2. The van der Waals surface area contributed by atoms with Gasteiger partial charge in [0.1, 0.15) is 0 Å². The van der Waals surface area contributed by atoms with Crippen molar-refractivity contribution < 1.29 is 17.9 Å². The van der Waals surface area contributed by atoms with Crippen molar-refractivity contribution in [2.45, 2.75) is 12.7 Å². The summed E-state index contributed by atoms with van der Waals surface area (Å²) in [5, 5.41) is 0. The SMILES string of the molecule is COC(=O)N1C(N)=NC(=NCCSCc2nc[nH]c2C)N(C)S1(=O)=O. The molecule has 138 valence electrons. The standard InChI is InChI=1S/C12H19N7O4S2/c1-8-9(16-7-15-8)6-24-5-4-14-11-17-10(13)19(12(20)23-3)25(21,22)18(11)2/h7H,4-6H2,1-3H3,(H,15,16)(H2,13,14,17). The van der Waals surface area contributed by atoms with Gasteiger partial charge in [-0.3, -0.25) is 0 Å². The Morgan fingerprint density at radius 1 is 1.52 bits per heavy atom. The maximum atomic E-state index is 12.3. The first-order valence-electron chi connectivity index (χ1n) is 7.11. The summed E-state index contributed by atoms with van der Waals surface area (Å²) in [5.74, 6) is 0.757. The Morgan fingerprint density at radius 2 is 2.24 bits per heavy atom. The molecule has 25 heavy (non-hydrogen) atoms. The molecule has 11 nitrogen and oxygen atoms in total. The fourth-order valence-corrected chi connectivity index (χ4v) is 3.82. The van der Waals surface area contributed by atoms with E-state index < -0.39 is 22.3 Å². The van der Waals surface area contributed by atoms with E-state index in [0.717, 1.165) is 28.6 Å². The van der Waals surface area contributed by atoms with Crippen molar-refractivity contribution in [3.63, 3.8) is 0 Å². The molecule has 0 bridgehead atoms. The first-order chi connectivity index (χ1) is 11.8. The average Bonchev–Trinajstić information content (AvgIpc) is 2.96. The summed E-state index contributed by atoms with van der Waals surface area (Å²) in [5.41, 5.74) is 7.54. The topological polar surface area (TPSA) is 146 Å². The van der Waals surface area contributed by atoms with Gasteiger partial charge in [0.05, 0.1) is 25.7 Å². The maximum absolute atomic E-state index is 12.3. The van der Waals surface area contributed by atoms with Gasteiger partial charge in [-0.15, -0.1) is 4.31 Å². The van der Waals surface area contributed by atoms with Gasteiger partial charge in [-0.05, 0) is 6.92 Å². The molecule has 13 heteroatoms. The molecule has 0 atom stereocenters. The van der Waals surface area contributed by atoms with Crippen LogP contribution in [0, 0.1) is 6.92 Å². The molecule has 0 unspecified atom stereocenters. The highest BCUT2D eigenvalue weighted by atomic mass is 32.2. The van der Waals surface area contributed by atoms with Gasteiger partial charge in [-0.2, -0.15) is 25.2 Å². The van der Waals surface area contributed by atoms with Crippen molar-refractivity contribution in [3.05, 3.63) is 17.7 Å². The van der Waals surface area contributed by atoms with E-state index >= 15 is 0 Å². The van der Waals surface area contributed by atoms with Crippen molar-refractivity contribution in [1.29, 1.82) is 0 Å². The molecule has 1 aromatic rings. The van der Waals surface area contributed by atoms with Crippen molar-refractivity contribution in [2.75, 3.05) is 26.5 Å². The maximum Gasteiger partial charge on any atom is 0.432 e. The number of hydrogen-bond donors (Lipinski definition) is 2. The van der Waals surface area contributed by atoms with E-state index in [9.17, 15) is 13.2 Å². The van der Waals surface area contributed by atoms with Crippen LogP contribution in [0.1, 0.15) is 11.4 Å². The summed E-state index contributed by atoms with van der Waals surface area (Å²) < 4.78 is 30.1. The molecule has 1 amide bonds. The molecule has 1 aliphatic heterocycles. The molecule has 0 saturated heterocycles. The largest absolute Gasteiger partial charge is 0.452 e. The van der Waals surface area contributed by atoms with Crippen LogP contribution in [0.15, 0.2) is 16.3 Å². The third kappa shape index (κ3) is 4.04. The minimum Gasteiger partial charge on any atom is -0.452 e. The zero-order valence-corrected chi connectivity index (χ0v) is 15.6. The number of amides is 1. The molecule has 3 N–H and O–H groups in total. The van der Waals surface area contributed by atoms with Crippen molar-refractivity contribution >= 4 is 40.0 Å².